The molecule has 0 saturated carbocycles. The fourth-order valence-electron chi connectivity index (χ4n) is 3.78. The maximum absolute atomic E-state index is 12.9. The number of aryl methyl sites for hydroxylation is 1. The highest BCUT2D eigenvalue weighted by Crippen LogP contribution is 2.32. The van der Waals surface area contributed by atoms with Crippen LogP contribution in [0, 0.1) is 5.92 Å². The van der Waals surface area contributed by atoms with Gasteiger partial charge in [0.05, 0.1) is 17.3 Å². The van der Waals surface area contributed by atoms with Gasteiger partial charge in [0.25, 0.3) is 16.8 Å². The number of nitrogens with one attached hydrogen (secondary N) is 2. The van der Waals surface area contributed by atoms with E-state index < -0.39 is 22.8 Å². The van der Waals surface area contributed by atoms with Crippen LogP contribution in [0.3, 0.4) is 0 Å². The van der Waals surface area contributed by atoms with Crippen LogP contribution in [0.2, 0.25) is 0 Å². The van der Waals surface area contributed by atoms with E-state index in [1.807, 2.05) is 26.0 Å². The van der Waals surface area contributed by atoms with Gasteiger partial charge in [0.1, 0.15) is 11.4 Å². The fraction of sp³-hybridized carbons (Fsp3) is 0.346. The van der Waals surface area contributed by atoms with Gasteiger partial charge in [0.15, 0.2) is 11.5 Å². The molecule has 3 N–H and O–H groups in total. The molecule has 0 bridgehead atoms. The van der Waals surface area contributed by atoms with Crippen molar-refractivity contribution in [3.05, 3.63) is 74.3 Å². The smallest absolute Gasteiger partial charge is 0.257 e. The lowest BCUT2D eigenvalue weighted by Crippen LogP contribution is -2.43. The Morgan fingerprint density at radius 1 is 1.06 bits per heavy atom. The molecule has 1 aromatic heterocycles. The number of phenols is 1. The number of pyridine rings is 1. The molecule has 0 aliphatic heterocycles. The molecule has 35 heavy (non-hydrogen) atoms. The summed E-state index contributed by atoms with van der Waals surface area (Å²) < 4.78 is 0. The fourth-order valence-corrected chi connectivity index (χ4v) is 3.78. The molecule has 1 amide bonds. The second-order valence-electron chi connectivity index (χ2n) is 8.98. The molecule has 0 saturated heterocycles. The molecule has 9 heteroatoms. The number of benzene rings is 1. The molecule has 9 nitrogen and oxygen atoms in total. The number of aromatic nitrogens is 1. The first kappa shape index (κ1) is 25.6. The number of rotatable bonds is 11. The number of Topliss-reactive ketones (excluding diaryl/α,β-unsaturated/α-hetero) is 1. The summed E-state index contributed by atoms with van der Waals surface area (Å²) in [7, 11) is 3.11. The Morgan fingerprint density at radius 2 is 1.77 bits per heavy atom. The number of hydrogen-bond acceptors (Lipinski definition) is 8. The SMILES string of the molecule is CC(C)[C@@H](Nc1c(Nc2cccc(C(=O)N(C)C)c2O)c(=O)c1=O)C(=O)CCCc1cccnc1. The second kappa shape index (κ2) is 10.9. The lowest BCUT2D eigenvalue weighted by molar-refractivity contribution is -0.120. The van der Waals surface area contributed by atoms with Crippen LogP contribution < -0.4 is 21.5 Å². The largest absolute Gasteiger partial charge is 0.505 e. The van der Waals surface area contributed by atoms with Gasteiger partial charge in [-0.25, -0.2) is 0 Å². The van der Waals surface area contributed by atoms with Crippen molar-refractivity contribution in [2.45, 2.75) is 39.2 Å². The minimum absolute atomic E-state index is 0.00181. The number of amides is 1. The third kappa shape index (κ3) is 5.74. The van der Waals surface area contributed by atoms with Crippen molar-refractivity contribution in [2.75, 3.05) is 24.7 Å². The topological polar surface area (TPSA) is 129 Å². The monoisotopic (exact) mass is 478 g/mol. The highest BCUT2D eigenvalue weighted by atomic mass is 16.3. The van der Waals surface area contributed by atoms with E-state index >= 15 is 0 Å². The zero-order valence-electron chi connectivity index (χ0n) is 20.3. The van der Waals surface area contributed by atoms with E-state index in [1.165, 1.54) is 17.0 Å². The van der Waals surface area contributed by atoms with Crippen molar-refractivity contribution in [3.8, 4) is 5.75 Å². The number of para-hydroxylation sites is 1. The van der Waals surface area contributed by atoms with Gasteiger partial charge in [-0.15, -0.1) is 0 Å². The Bertz CT molecular complexity index is 1280. The number of phenolic OH excluding ortho intramolecular Hbond substituents is 1. The summed E-state index contributed by atoms with van der Waals surface area (Å²) in [4.78, 5) is 55.3. The average molecular weight is 479 g/mol. The number of carbonyl (C=O) groups is 2. The summed E-state index contributed by atoms with van der Waals surface area (Å²) in [5.41, 5.74) is -0.345. The van der Waals surface area contributed by atoms with Gasteiger partial charge < -0.3 is 20.6 Å². The van der Waals surface area contributed by atoms with Crippen LogP contribution in [0.1, 0.15) is 42.6 Å². The van der Waals surface area contributed by atoms with E-state index in [1.54, 1.807) is 32.6 Å². The van der Waals surface area contributed by atoms with Crippen LogP contribution in [-0.4, -0.2) is 46.8 Å². The third-order valence-electron chi connectivity index (χ3n) is 5.77. The number of carbonyl (C=O) groups excluding carboxylic acids is 2. The quantitative estimate of drug-likeness (QED) is 0.283. The highest BCUT2D eigenvalue weighted by Gasteiger charge is 2.29. The maximum atomic E-state index is 12.9. The number of aromatic hydroxyl groups is 1. The van der Waals surface area contributed by atoms with E-state index in [0.717, 1.165) is 5.56 Å². The summed E-state index contributed by atoms with van der Waals surface area (Å²) in [6.45, 7) is 3.72. The second-order valence-corrected chi connectivity index (χ2v) is 8.98. The molecule has 0 radical (unpaired) electrons. The first-order chi connectivity index (χ1) is 16.6. The van der Waals surface area contributed by atoms with Gasteiger partial charge >= 0.3 is 0 Å². The lowest BCUT2D eigenvalue weighted by atomic mass is 9.95. The molecule has 3 aromatic rings. The Hall–Kier alpha value is -4.01. The van der Waals surface area contributed by atoms with Crippen molar-refractivity contribution in [3.63, 3.8) is 0 Å². The van der Waals surface area contributed by atoms with Crippen molar-refractivity contribution in [1.82, 2.24) is 9.88 Å². The molecule has 3 rings (SSSR count). The van der Waals surface area contributed by atoms with Gasteiger partial charge in [-0.3, -0.25) is 24.2 Å². The van der Waals surface area contributed by atoms with Gasteiger partial charge in [0, 0.05) is 32.9 Å². The zero-order valence-corrected chi connectivity index (χ0v) is 20.3. The van der Waals surface area contributed by atoms with Gasteiger partial charge in [-0.2, -0.15) is 0 Å². The van der Waals surface area contributed by atoms with Gasteiger partial charge in [0.2, 0.25) is 0 Å². The summed E-state index contributed by atoms with van der Waals surface area (Å²) in [5, 5.41) is 16.3. The van der Waals surface area contributed by atoms with Crippen molar-refractivity contribution in [2.24, 2.45) is 5.92 Å². The highest BCUT2D eigenvalue weighted by molar-refractivity contribution is 5.99. The van der Waals surface area contributed by atoms with Crippen LogP contribution >= 0.6 is 0 Å². The van der Waals surface area contributed by atoms with Gasteiger partial charge in [-0.1, -0.05) is 26.0 Å². The van der Waals surface area contributed by atoms with E-state index in [-0.39, 0.29) is 40.1 Å². The predicted molar refractivity (Wildman–Crippen MR) is 135 cm³/mol. The van der Waals surface area contributed by atoms with E-state index in [0.29, 0.717) is 19.3 Å². The summed E-state index contributed by atoms with van der Waals surface area (Å²) in [6, 6.07) is 7.64. The molecule has 184 valence electrons. The molecule has 0 unspecified atom stereocenters. The number of anilines is 3. The minimum Gasteiger partial charge on any atom is -0.505 e. The van der Waals surface area contributed by atoms with E-state index in [4.69, 9.17) is 0 Å². The summed E-state index contributed by atoms with van der Waals surface area (Å²) in [5.74, 6) is -0.944. The lowest BCUT2D eigenvalue weighted by Gasteiger charge is -2.25. The Morgan fingerprint density at radius 3 is 2.40 bits per heavy atom. The first-order valence-corrected chi connectivity index (χ1v) is 11.4. The normalized spacial score (nSPS) is 11.9. The molecular weight excluding hydrogens is 448 g/mol. The maximum Gasteiger partial charge on any atom is 0.257 e. The Labute approximate surface area is 203 Å². The van der Waals surface area contributed by atoms with Crippen molar-refractivity contribution in [1.29, 1.82) is 0 Å². The third-order valence-corrected chi connectivity index (χ3v) is 5.77. The first-order valence-electron chi connectivity index (χ1n) is 11.4. The van der Waals surface area contributed by atoms with Crippen LogP contribution in [0.4, 0.5) is 17.1 Å². The van der Waals surface area contributed by atoms with Crippen LogP contribution in [-0.2, 0) is 11.2 Å². The van der Waals surface area contributed by atoms with Crippen LogP contribution in [0.25, 0.3) is 0 Å². The molecule has 2 aromatic carbocycles. The van der Waals surface area contributed by atoms with Crippen LogP contribution in [0.5, 0.6) is 5.75 Å². The zero-order chi connectivity index (χ0) is 25.7. The predicted octanol–water partition coefficient (Wildman–Crippen LogP) is 2.86. The summed E-state index contributed by atoms with van der Waals surface area (Å²) >= 11 is 0. The van der Waals surface area contributed by atoms with E-state index in [9.17, 15) is 24.3 Å². The molecule has 1 atom stereocenters. The number of ketones is 1. The standard InChI is InChI=1S/C26H30N4O5/c1-15(2)20(19(31)12-5-8-16-9-7-13-27-14-16)29-22-21(24(33)25(22)34)28-18-11-6-10-17(23(18)32)26(35)30(3)4/h6-7,9-11,13-15,20,28-29,32H,5,8,12H2,1-4H3/t20-/m1/s1. The molecule has 0 aliphatic rings. The van der Waals surface area contributed by atoms with Crippen LogP contribution in [0.15, 0.2) is 52.3 Å². The molecule has 0 spiro atoms. The van der Waals surface area contributed by atoms with Gasteiger partial charge in [-0.05, 0) is 42.5 Å². The average Bonchev–Trinajstić information content (AvgIpc) is 2.84. The molecule has 0 fully saturated rings. The molecule has 1 heterocycles. The molecular formula is C26H30N4O5. The van der Waals surface area contributed by atoms with Crippen molar-refractivity contribution < 1.29 is 14.7 Å². The minimum atomic E-state index is -0.761. The molecule has 0 aliphatic carbocycles. The Kier molecular flexibility index (Phi) is 8.01. The van der Waals surface area contributed by atoms with E-state index in [2.05, 4.69) is 15.6 Å². The summed E-state index contributed by atoms with van der Waals surface area (Å²) in [6.07, 6.45) is 5.10. The van der Waals surface area contributed by atoms with Crippen molar-refractivity contribution >= 4 is 28.8 Å². The number of nitrogens with zero attached hydrogens (tertiary/aromatic N) is 2. The Balaban J connectivity index is 1.75. The number of hydrogen-bond donors (Lipinski definition) is 3.